The summed E-state index contributed by atoms with van der Waals surface area (Å²) >= 11 is 0. The van der Waals surface area contributed by atoms with Crippen molar-refractivity contribution in [1.82, 2.24) is 15.3 Å². The van der Waals surface area contributed by atoms with Gasteiger partial charge in [-0.15, -0.1) is 0 Å². The van der Waals surface area contributed by atoms with Gasteiger partial charge in [0.05, 0.1) is 18.6 Å². The number of carbonyl (C=O) groups excluding carboxylic acids is 1. The zero-order chi connectivity index (χ0) is 11.4. The first-order valence-electron chi connectivity index (χ1n) is 5.08. The second kappa shape index (κ2) is 4.61. The maximum Gasteiger partial charge on any atom is 0.251 e. The van der Waals surface area contributed by atoms with Crippen molar-refractivity contribution in [3.63, 3.8) is 0 Å². The van der Waals surface area contributed by atoms with Crippen LogP contribution in [-0.2, 0) is 6.54 Å². The number of hydrogen-bond donors (Lipinski definition) is 2. The molecular formula is C12H13N3O. The van der Waals surface area contributed by atoms with Crippen LogP contribution in [-0.4, -0.2) is 15.9 Å². The first kappa shape index (κ1) is 10.4. The summed E-state index contributed by atoms with van der Waals surface area (Å²) in [6.45, 7) is 2.39. The molecule has 0 unspecified atom stereocenters. The number of aryl methyl sites for hydroxylation is 1. The lowest BCUT2D eigenvalue weighted by Gasteiger charge is -2.05. The van der Waals surface area contributed by atoms with Crippen LogP contribution in [0.4, 0.5) is 0 Å². The van der Waals surface area contributed by atoms with E-state index in [0.29, 0.717) is 12.1 Å². The Bertz CT molecular complexity index is 477. The van der Waals surface area contributed by atoms with E-state index in [0.717, 1.165) is 11.3 Å². The Morgan fingerprint density at radius 3 is 2.94 bits per heavy atom. The van der Waals surface area contributed by atoms with Gasteiger partial charge in [-0.2, -0.15) is 0 Å². The Hall–Kier alpha value is -2.10. The molecule has 0 atom stereocenters. The van der Waals surface area contributed by atoms with Crippen LogP contribution in [0, 0.1) is 6.92 Å². The number of aromatic nitrogens is 2. The van der Waals surface area contributed by atoms with Crippen LogP contribution in [0.15, 0.2) is 36.8 Å². The van der Waals surface area contributed by atoms with Crippen LogP contribution < -0.4 is 5.32 Å². The van der Waals surface area contributed by atoms with E-state index in [1.165, 1.54) is 0 Å². The van der Waals surface area contributed by atoms with Gasteiger partial charge in [-0.3, -0.25) is 4.79 Å². The molecule has 82 valence electrons. The SMILES string of the molecule is Cc1ccccc1C(=O)NCc1cnc[nH]1. The number of benzene rings is 1. The second-order valence-electron chi connectivity index (χ2n) is 3.57. The summed E-state index contributed by atoms with van der Waals surface area (Å²) in [5.41, 5.74) is 2.58. The van der Waals surface area contributed by atoms with Crippen LogP contribution in [0.25, 0.3) is 0 Å². The van der Waals surface area contributed by atoms with Gasteiger partial charge in [0.25, 0.3) is 5.91 Å². The Kier molecular flexibility index (Phi) is 3.00. The molecule has 0 aliphatic heterocycles. The van der Waals surface area contributed by atoms with Crippen molar-refractivity contribution in [2.75, 3.05) is 0 Å². The molecule has 4 heteroatoms. The van der Waals surface area contributed by atoms with Crippen molar-refractivity contribution in [2.45, 2.75) is 13.5 Å². The molecule has 1 aromatic carbocycles. The van der Waals surface area contributed by atoms with E-state index in [4.69, 9.17) is 0 Å². The Balaban J connectivity index is 2.01. The molecule has 0 radical (unpaired) electrons. The maximum absolute atomic E-state index is 11.8. The smallest absolute Gasteiger partial charge is 0.251 e. The molecule has 0 fully saturated rings. The Morgan fingerprint density at radius 1 is 1.44 bits per heavy atom. The first-order valence-corrected chi connectivity index (χ1v) is 5.08. The van der Waals surface area contributed by atoms with E-state index in [2.05, 4.69) is 15.3 Å². The minimum absolute atomic E-state index is 0.0623. The number of nitrogens with one attached hydrogen (secondary N) is 2. The highest BCUT2D eigenvalue weighted by Crippen LogP contribution is 2.06. The zero-order valence-electron chi connectivity index (χ0n) is 9.03. The third-order valence-electron chi connectivity index (χ3n) is 2.38. The molecule has 4 nitrogen and oxygen atoms in total. The topological polar surface area (TPSA) is 57.8 Å². The standard InChI is InChI=1S/C12H13N3O/c1-9-4-2-3-5-11(9)12(16)14-7-10-6-13-8-15-10/h2-6,8H,7H2,1H3,(H,13,15)(H,14,16). The van der Waals surface area contributed by atoms with Crippen LogP contribution in [0.5, 0.6) is 0 Å². The highest BCUT2D eigenvalue weighted by Gasteiger charge is 2.07. The quantitative estimate of drug-likeness (QED) is 0.817. The highest BCUT2D eigenvalue weighted by molar-refractivity contribution is 5.95. The Labute approximate surface area is 93.7 Å². The van der Waals surface area contributed by atoms with Crippen LogP contribution in [0.1, 0.15) is 21.6 Å². The fourth-order valence-corrected chi connectivity index (χ4v) is 1.48. The van der Waals surface area contributed by atoms with E-state index in [1.54, 1.807) is 12.5 Å². The van der Waals surface area contributed by atoms with E-state index in [-0.39, 0.29) is 5.91 Å². The predicted molar refractivity (Wildman–Crippen MR) is 60.9 cm³/mol. The van der Waals surface area contributed by atoms with Gasteiger partial charge >= 0.3 is 0 Å². The number of hydrogen-bond acceptors (Lipinski definition) is 2. The summed E-state index contributed by atoms with van der Waals surface area (Å²) in [6.07, 6.45) is 3.29. The lowest BCUT2D eigenvalue weighted by atomic mass is 10.1. The average Bonchev–Trinajstić information content (AvgIpc) is 2.79. The predicted octanol–water partition coefficient (Wildman–Crippen LogP) is 1.65. The number of aromatic amines is 1. The molecular weight excluding hydrogens is 202 g/mol. The highest BCUT2D eigenvalue weighted by atomic mass is 16.1. The summed E-state index contributed by atoms with van der Waals surface area (Å²) in [5, 5.41) is 2.83. The molecule has 0 saturated heterocycles. The Morgan fingerprint density at radius 2 is 2.25 bits per heavy atom. The molecule has 2 N–H and O–H groups in total. The zero-order valence-corrected chi connectivity index (χ0v) is 9.03. The van der Waals surface area contributed by atoms with Crippen molar-refractivity contribution in [2.24, 2.45) is 0 Å². The van der Waals surface area contributed by atoms with Crippen molar-refractivity contribution in [3.8, 4) is 0 Å². The normalized spacial score (nSPS) is 10.1. The number of H-pyrrole nitrogens is 1. The minimum Gasteiger partial charge on any atom is -0.347 e. The van der Waals surface area contributed by atoms with Gasteiger partial charge in [0.1, 0.15) is 0 Å². The summed E-state index contributed by atoms with van der Waals surface area (Å²) in [5.74, 6) is -0.0623. The van der Waals surface area contributed by atoms with Gasteiger partial charge in [-0.1, -0.05) is 18.2 Å². The molecule has 1 aromatic heterocycles. The fourth-order valence-electron chi connectivity index (χ4n) is 1.48. The van der Waals surface area contributed by atoms with Crippen LogP contribution >= 0.6 is 0 Å². The summed E-state index contributed by atoms with van der Waals surface area (Å²) in [7, 11) is 0. The minimum atomic E-state index is -0.0623. The third-order valence-corrected chi connectivity index (χ3v) is 2.38. The molecule has 16 heavy (non-hydrogen) atoms. The molecule has 0 spiro atoms. The largest absolute Gasteiger partial charge is 0.347 e. The number of amides is 1. The van der Waals surface area contributed by atoms with Gasteiger partial charge in [0, 0.05) is 11.8 Å². The molecule has 2 aromatic rings. The summed E-state index contributed by atoms with van der Waals surface area (Å²) < 4.78 is 0. The first-order chi connectivity index (χ1) is 7.77. The number of rotatable bonds is 3. The van der Waals surface area contributed by atoms with Crippen molar-refractivity contribution < 1.29 is 4.79 Å². The van der Waals surface area contributed by atoms with Crippen molar-refractivity contribution in [3.05, 3.63) is 53.6 Å². The van der Waals surface area contributed by atoms with Gasteiger partial charge in [-0.25, -0.2) is 4.98 Å². The van der Waals surface area contributed by atoms with Crippen molar-refractivity contribution >= 4 is 5.91 Å². The van der Waals surface area contributed by atoms with Crippen LogP contribution in [0.2, 0.25) is 0 Å². The molecule has 2 rings (SSSR count). The fraction of sp³-hybridized carbons (Fsp3) is 0.167. The van der Waals surface area contributed by atoms with E-state index in [1.807, 2.05) is 31.2 Å². The van der Waals surface area contributed by atoms with Crippen molar-refractivity contribution in [1.29, 1.82) is 0 Å². The molecule has 1 amide bonds. The van der Waals surface area contributed by atoms with E-state index < -0.39 is 0 Å². The average molecular weight is 215 g/mol. The second-order valence-corrected chi connectivity index (χ2v) is 3.57. The summed E-state index contributed by atoms with van der Waals surface area (Å²) in [6, 6.07) is 7.52. The van der Waals surface area contributed by atoms with E-state index in [9.17, 15) is 4.79 Å². The van der Waals surface area contributed by atoms with Gasteiger partial charge in [0.2, 0.25) is 0 Å². The molecule has 0 aliphatic rings. The monoisotopic (exact) mass is 215 g/mol. The lowest BCUT2D eigenvalue weighted by molar-refractivity contribution is 0.0950. The van der Waals surface area contributed by atoms with Gasteiger partial charge in [-0.05, 0) is 18.6 Å². The maximum atomic E-state index is 11.8. The molecule has 1 heterocycles. The van der Waals surface area contributed by atoms with Gasteiger partial charge in [0.15, 0.2) is 0 Å². The van der Waals surface area contributed by atoms with Gasteiger partial charge < -0.3 is 10.3 Å². The number of nitrogens with zero attached hydrogens (tertiary/aromatic N) is 1. The third kappa shape index (κ3) is 2.28. The number of imidazole rings is 1. The molecule has 0 aliphatic carbocycles. The number of carbonyl (C=O) groups is 1. The molecule has 0 saturated carbocycles. The molecule has 0 bridgehead atoms. The lowest BCUT2D eigenvalue weighted by Crippen LogP contribution is -2.23. The van der Waals surface area contributed by atoms with E-state index >= 15 is 0 Å². The van der Waals surface area contributed by atoms with Crippen LogP contribution in [0.3, 0.4) is 0 Å². The summed E-state index contributed by atoms with van der Waals surface area (Å²) in [4.78, 5) is 18.6.